The van der Waals surface area contributed by atoms with Gasteiger partial charge in [0.2, 0.25) is 5.91 Å². The molecule has 0 aliphatic carbocycles. The molecule has 1 amide bonds. The molecule has 4 rings (SSSR count). The quantitative estimate of drug-likeness (QED) is 0.705. The minimum absolute atomic E-state index is 0.0374. The molecule has 176 valence electrons. The van der Waals surface area contributed by atoms with Crippen molar-refractivity contribution in [2.45, 2.75) is 44.3 Å². The van der Waals surface area contributed by atoms with Crippen molar-refractivity contribution in [2.24, 2.45) is 13.0 Å². The van der Waals surface area contributed by atoms with Gasteiger partial charge in [-0.05, 0) is 37.4 Å². The number of likely N-dealkylation sites (tertiary alicyclic amines) is 1. The molecule has 2 N–H and O–H groups in total. The van der Waals surface area contributed by atoms with Crippen LogP contribution in [0.4, 0.5) is 13.2 Å². The second-order valence-electron chi connectivity index (χ2n) is 7.81. The van der Waals surface area contributed by atoms with Gasteiger partial charge in [-0.2, -0.15) is 18.3 Å². The van der Waals surface area contributed by atoms with Crippen LogP contribution in [0.5, 0.6) is 0 Å². The Labute approximate surface area is 182 Å². The molecule has 2 aliphatic heterocycles. The maximum absolute atomic E-state index is 12.4. The molecule has 2 fully saturated rings. The van der Waals surface area contributed by atoms with Crippen LogP contribution in [-0.2, 0) is 34.5 Å². The van der Waals surface area contributed by atoms with Gasteiger partial charge in [-0.25, -0.2) is 4.79 Å². The monoisotopic (exact) mass is 458 g/mol. The summed E-state index contributed by atoms with van der Waals surface area (Å²) in [7, 11) is 1.93. The predicted octanol–water partition coefficient (Wildman–Crippen LogP) is 1.94. The predicted molar refractivity (Wildman–Crippen MR) is 104 cm³/mol. The minimum Gasteiger partial charge on any atom is -0.475 e. The van der Waals surface area contributed by atoms with Crippen LogP contribution >= 0.6 is 0 Å². The third-order valence-corrected chi connectivity index (χ3v) is 5.35. The van der Waals surface area contributed by atoms with E-state index in [-0.39, 0.29) is 18.1 Å². The Morgan fingerprint density at radius 3 is 2.72 bits per heavy atom. The van der Waals surface area contributed by atoms with Crippen molar-refractivity contribution in [3.63, 3.8) is 0 Å². The topological polar surface area (TPSA) is 110 Å². The lowest BCUT2D eigenvalue weighted by atomic mass is 9.91. The molecule has 12 heteroatoms. The molecule has 0 bridgehead atoms. The maximum atomic E-state index is 12.4. The molecule has 2 aliphatic rings. The fourth-order valence-corrected chi connectivity index (χ4v) is 3.82. The number of fused-ring (bicyclic) bond motifs is 1. The summed E-state index contributed by atoms with van der Waals surface area (Å²) in [6.07, 6.45) is 2.17. The minimum atomic E-state index is -5.08. The van der Waals surface area contributed by atoms with Crippen LogP contribution in [0.25, 0.3) is 0 Å². The zero-order valence-corrected chi connectivity index (χ0v) is 17.4. The number of nitrogens with one attached hydrogen (secondary N) is 1. The van der Waals surface area contributed by atoms with Crippen LogP contribution < -0.4 is 5.32 Å². The van der Waals surface area contributed by atoms with Crippen LogP contribution in [0.2, 0.25) is 0 Å². The van der Waals surface area contributed by atoms with Crippen molar-refractivity contribution in [3.8, 4) is 0 Å². The molecule has 2 saturated heterocycles. The van der Waals surface area contributed by atoms with E-state index >= 15 is 0 Å². The smallest absolute Gasteiger partial charge is 0.475 e. The Bertz CT molecular complexity index is 899. The number of furan rings is 1. The second kappa shape index (κ2) is 10.2. The third kappa shape index (κ3) is 6.57. The molecule has 32 heavy (non-hydrogen) atoms. The van der Waals surface area contributed by atoms with Gasteiger partial charge in [0, 0.05) is 31.9 Å². The average Bonchev–Trinajstić information content (AvgIpc) is 3.46. The van der Waals surface area contributed by atoms with E-state index in [0.717, 1.165) is 38.2 Å². The molecule has 0 saturated carbocycles. The van der Waals surface area contributed by atoms with E-state index in [2.05, 4.69) is 15.3 Å². The largest absolute Gasteiger partial charge is 0.490 e. The summed E-state index contributed by atoms with van der Waals surface area (Å²) < 4.78 is 44.9. The molecule has 3 atom stereocenters. The van der Waals surface area contributed by atoms with Crippen molar-refractivity contribution in [3.05, 3.63) is 42.1 Å². The summed E-state index contributed by atoms with van der Waals surface area (Å²) in [5.41, 5.74) is 1.21. The number of aryl methyl sites for hydroxylation is 1. The van der Waals surface area contributed by atoms with Crippen molar-refractivity contribution in [1.29, 1.82) is 0 Å². The first-order valence-electron chi connectivity index (χ1n) is 10.1. The van der Waals surface area contributed by atoms with Gasteiger partial charge >= 0.3 is 12.1 Å². The number of nitrogens with zero attached hydrogens (tertiary/aromatic N) is 3. The van der Waals surface area contributed by atoms with Gasteiger partial charge in [-0.1, -0.05) is 0 Å². The fraction of sp³-hybridized carbons (Fsp3) is 0.550. The molecule has 0 spiro atoms. The summed E-state index contributed by atoms with van der Waals surface area (Å²) in [6, 6.07) is 3.67. The van der Waals surface area contributed by atoms with Gasteiger partial charge in [0.25, 0.3) is 0 Å². The van der Waals surface area contributed by atoms with Crippen molar-refractivity contribution in [2.75, 3.05) is 13.1 Å². The normalized spacial score (nSPS) is 23.2. The first kappa shape index (κ1) is 23.8. The van der Waals surface area contributed by atoms with Gasteiger partial charge in [0.15, 0.2) is 0 Å². The summed E-state index contributed by atoms with van der Waals surface area (Å²) >= 11 is 0. The number of ether oxygens (including phenoxy) is 1. The first-order chi connectivity index (χ1) is 15.1. The van der Waals surface area contributed by atoms with Gasteiger partial charge in [0.1, 0.15) is 11.9 Å². The van der Waals surface area contributed by atoms with E-state index in [1.54, 1.807) is 6.26 Å². The summed E-state index contributed by atoms with van der Waals surface area (Å²) in [5, 5.41) is 14.3. The van der Waals surface area contributed by atoms with E-state index in [1.165, 1.54) is 5.56 Å². The Kier molecular flexibility index (Phi) is 7.56. The lowest BCUT2D eigenvalue weighted by Crippen LogP contribution is -2.42. The number of hydrogen-bond acceptors (Lipinski definition) is 6. The molecule has 4 heterocycles. The summed E-state index contributed by atoms with van der Waals surface area (Å²) in [4.78, 5) is 23.6. The van der Waals surface area contributed by atoms with Crippen LogP contribution in [-0.4, -0.2) is 63.1 Å². The molecule has 9 nitrogen and oxygen atoms in total. The number of rotatable bonds is 5. The van der Waals surface area contributed by atoms with Gasteiger partial charge < -0.3 is 19.6 Å². The maximum Gasteiger partial charge on any atom is 0.490 e. The number of carbonyl (C=O) groups is 2. The summed E-state index contributed by atoms with van der Waals surface area (Å²) in [6.45, 7) is 3.21. The molecule has 0 aromatic carbocycles. The molecule has 2 aromatic rings. The Balaban J connectivity index is 0.000000360. The Morgan fingerprint density at radius 2 is 2.12 bits per heavy atom. The van der Waals surface area contributed by atoms with E-state index in [1.807, 2.05) is 36.3 Å². The SMILES string of the molecule is Cn1cc(CN2CC[C@H]3C[C@@H](C(=O)NCc4ccco4)O[C@@H]3C2)cn1.O=C(O)C(F)(F)F. The highest BCUT2D eigenvalue weighted by atomic mass is 19.4. The Hall–Kier alpha value is -2.86. The van der Waals surface area contributed by atoms with Crippen molar-refractivity contribution < 1.29 is 37.0 Å². The molecular weight excluding hydrogens is 433 g/mol. The number of carboxylic acid groups (broad SMARTS) is 1. The highest BCUT2D eigenvalue weighted by Crippen LogP contribution is 2.33. The number of carboxylic acids is 1. The van der Waals surface area contributed by atoms with Crippen LogP contribution in [0.15, 0.2) is 35.2 Å². The highest BCUT2D eigenvalue weighted by molar-refractivity contribution is 5.81. The number of carbonyl (C=O) groups excluding carboxylic acids is 1. The van der Waals surface area contributed by atoms with Crippen LogP contribution in [0.3, 0.4) is 0 Å². The fourth-order valence-electron chi connectivity index (χ4n) is 3.82. The van der Waals surface area contributed by atoms with E-state index in [9.17, 15) is 18.0 Å². The van der Waals surface area contributed by atoms with Crippen LogP contribution in [0.1, 0.15) is 24.2 Å². The molecular formula is C20H25F3N4O5. The average molecular weight is 458 g/mol. The zero-order valence-electron chi connectivity index (χ0n) is 17.4. The van der Waals surface area contributed by atoms with E-state index < -0.39 is 12.1 Å². The zero-order chi connectivity index (χ0) is 23.3. The number of alkyl halides is 3. The summed E-state index contributed by atoms with van der Waals surface area (Å²) in [5.74, 6) is -1.56. The van der Waals surface area contributed by atoms with Gasteiger partial charge in [-0.3, -0.25) is 14.4 Å². The number of amides is 1. The van der Waals surface area contributed by atoms with E-state index in [4.69, 9.17) is 19.1 Å². The molecule has 0 radical (unpaired) electrons. The highest BCUT2D eigenvalue weighted by Gasteiger charge is 2.41. The third-order valence-electron chi connectivity index (χ3n) is 5.35. The van der Waals surface area contributed by atoms with Crippen molar-refractivity contribution in [1.82, 2.24) is 20.0 Å². The number of aromatic nitrogens is 2. The molecule has 0 unspecified atom stereocenters. The Morgan fingerprint density at radius 1 is 1.38 bits per heavy atom. The van der Waals surface area contributed by atoms with E-state index in [0.29, 0.717) is 12.5 Å². The van der Waals surface area contributed by atoms with Crippen LogP contribution in [0, 0.1) is 5.92 Å². The molecule has 2 aromatic heterocycles. The standard InChI is InChI=1S/C18H24N4O3.C2HF3O2/c1-21-10-13(8-20-21)11-22-5-4-14-7-16(25-17(14)12-22)18(23)19-9-15-3-2-6-24-15;3-2(4,5)1(6)7/h2-3,6,8,10,14,16-17H,4-5,7,9,11-12H2,1H3,(H,19,23);(H,6,7)/t14-,16-,17+;/m0./s1. The lowest BCUT2D eigenvalue weighted by Gasteiger charge is -2.33. The van der Waals surface area contributed by atoms with Crippen molar-refractivity contribution >= 4 is 11.9 Å². The van der Waals surface area contributed by atoms with Gasteiger partial charge in [0.05, 0.1) is 25.1 Å². The number of piperidine rings is 1. The van der Waals surface area contributed by atoms with Gasteiger partial charge in [-0.15, -0.1) is 0 Å². The first-order valence-corrected chi connectivity index (χ1v) is 10.1. The number of hydrogen-bond donors (Lipinski definition) is 2. The number of halogens is 3. The second-order valence-corrected chi connectivity index (χ2v) is 7.81. The number of aliphatic carboxylic acids is 1. The lowest BCUT2D eigenvalue weighted by molar-refractivity contribution is -0.192.